The Balaban J connectivity index is 0.000000181. The lowest BCUT2D eigenvalue weighted by Gasteiger charge is -2.33. The molecule has 2 aromatic heterocycles. The van der Waals surface area contributed by atoms with E-state index in [0.717, 1.165) is 102 Å². The molecule has 0 unspecified atom stereocenters. The van der Waals surface area contributed by atoms with Crippen LogP contribution in [0.2, 0.25) is 20.1 Å². The molecule has 0 atom stereocenters. The molecule has 18 heteroatoms. The van der Waals surface area contributed by atoms with E-state index in [1.54, 1.807) is 12.1 Å². The Morgan fingerprint density at radius 3 is 1.52 bits per heavy atom. The lowest BCUT2D eigenvalue weighted by atomic mass is 9.93. The number of amides is 2. The van der Waals surface area contributed by atoms with Gasteiger partial charge in [-0.25, -0.2) is 14.8 Å². The maximum Gasteiger partial charge on any atom is 0.319 e. The number of hydrogen-bond acceptors (Lipinski definition) is 12. The number of carbonyl (C=O) groups excluding carboxylic acids is 1. The number of halogens is 4. The fraction of sp³-hybridized carbons (Fsp3) is 0.473. The van der Waals surface area contributed by atoms with Crippen molar-refractivity contribution in [1.29, 1.82) is 0 Å². The number of nitrogens with one attached hydrogen (secondary N) is 4. The largest absolute Gasteiger partial charge is 0.399 e. The first-order valence-corrected chi connectivity index (χ1v) is 27.8. The first-order valence-electron chi connectivity index (χ1n) is 26.3. The molecule has 388 valence electrons. The molecule has 10 rings (SSSR count). The van der Waals surface area contributed by atoms with Gasteiger partial charge in [0.15, 0.2) is 0 Å². The van der Waals surface area contributed by atoms with Gasteiger partial charge in [0.05, 0.1) is 11.0 Å². The molecular weight excluding hydrogens is 1000 g/mol. The van der Waals surface area contributed by atoms with Crippen molar-refractivity contribution in [2.75, 3.05) is 103 Å². The molecule has 2 amide bonds. The van der Waals surface area contributed by atoms with Crippen LogP contribution in [0.4, 0.5) is 39.7 Å². The third-order valence-electron chi connectivity index (χ3n) is 14.8. The van der Waals surface area contributed by atoms with Crippen molar-refractivity contribution < 1.29 is 4.79 Å². The Kier molecular flexibility index (Phi) is 18.4. The summed E-state index contributed by atoms with van der Waals surface area (Å²) < 4.78 is 0. The van der Waals surface area contributed by atoms with Gasteiger partial charge in [-0.15, -0.1) is 0 Å². The molecule has 4 aromatic carbocycles. The fourth-order valence-corrected chi connectivity index (χ4v) is 11.4. The minimum Gasteiger partial charge on any atom is -0.399 e. The normalized spacial score (nSPS) is 17.0. The standard InChI is InChI=1S/C29H37Cl2N7O.C26H32Cl2N6/c1-2-32-29(39)34-23-7-8-26-24(18-23)27(33-19-21-5-6-22(30)17-25(21)31)36-28(35-26)38-15-10-20(11-16-38)9-14-37-12-3-4-13-37;27-20-4-3-19(23(28)15-20)17-30-25-22-16-21(29)5-6-24(22)31-26(32-25)34-13-8-18(9-14-34)7-12-33-10-1-2-11-33/h5-8,17-18,20H,2-4,9-16,19H2,1H3,(H2,32,34,39)(H,33,35,36);3-6,15-16,18H,1-2,7-14,17,29H2,(H,30,31,32). The predicted octanol–water partition coefficient (Wildman–Crippen LogP) is 12.2. The van der Waals surface area contributed by atoms with Gasteiger partial charge in [-0.3, -0.25) is 0 Å². The van der Waals surface area contributed by atoms with Crippen LogP contribution in [0.15, 0.2) is 72.8 Å². The fourth-order valence-electron chi connectivity index (χ4n) is 10.5. The monoisotopic (exact) mass is 1070 g/mol. The van der Waals surface area contributed by atoms with Crippen molar-refractivity contribution in [3.8, 4) is 0 Å². The quantitative estimate of drug-likeness (QED) is 0.0586. The number of nitrogens with zero attached hydrogens (tertiary/aromatic N) is 8. The van der Waals surface area contributed by atoms with Crippen LogP contribution in [-0.2, 0) is 13.1 Å². The smallest absolute Gasteiger partial charge is 0.319 e. The number of nitrogen functional groups attached to an aromatic ring is 1. The second-order valence-corrected chi connectivity index (χ2v) is 21.6. The van der Waals surface area contributed by atoms with E-state index in [4.69, 9.17) is 72.1 Å². The second kappa shape index (κ2) is 25.4. The number of fused-ring (bicyclic) bond motifs is 2. The van der Waals surface area contributed by atoms with Crippen molar-refractivity contribution in [1.82, 2.24) is 35.1 Å². The third kappa shape index (κ3) is 14.4. The highest BCUT2D eigenvalue weighted by atomic mass is 35.5. The van der Waals surface area contributed by atoms with Crippen molar-refractivity contribution in [2.45, 2.75) is 84.2 Å². The van der Waals surface area contributed by atoms with Gasteiger partial charge in [-0.05, 0) is 194 Å². The van der Waals surface area contributed by atoms with E-state index < -0.39 is 0 Å². The average molecular weight is 1070 g/mol. The van der Waals surface area contributed by atoms with Crippen molar-refractivity contribution in [2.24, 2.45) is 11.8 Å². The van der Waals surface area contributed by atoms with Crippen LogP contribution < -0.4 is 36.8 Å². The molecule has 0 saturated carbocycles. The van der Waals surface area contributed by atoms with E-state index in [-0.39, 0.29) is 6.03 Å². The number of likely N-dealkylation sites (tertiary alicyclic amines) is 2. The first kappa shape index (κ1) is 52.8. The Morgan fingerprint density at radius 1 is 0.589 bits per heavy atom. The van der Waals surface area contributed by atoms with E-state index >= 15 is 0 Å². The molecule has 73 heavy (non-hydrogen) atoms. The molecule has 4 aliphatic rings. The Morgan fingerprint density at radius 2 is 1.05 bits per heavy atom. The molecule has 0 bridgehead atoms. The number of benzene rings is 4. The number of urea groups is 1. The van der Waals surface area contributed by atoms with Crippen LogP contribution in [0.5, 0.6) is 0 Å². The van der Waals surface area contributed by atoms with E-state index in [0.29, 0.717) is 56.9 Å². The Hall–Kier alpha value is -5.09. The minimum atomic E-state index is -0.246. The van der Waals surface area contributed by atoms with E-state index in [1.807, 2.05) is 67.6 Å². The molecule has 4 fully saturated rings. The summed E-state index contributed by atoms with van der Waals surface area (Å²) in [6, 6.07) is 22.3. The van der Waals surface area contributed by atoms with Crippen molar-refractivity contribution in [3.63, 3.8) is 0 Å². The van der Waals surface area contributed by atoms with Gasteiger partial charge < -0.3 is 46.6 Å². The van der Waals surface area contributed by atoms with Gasteiger partial charge in [0.1, 0.15) is 11.6 Å². The van der Waals surface area contributed by atoms with Gasteiger partial charge in [0.25, 0.3) is 0 Å². The van der Waals surface area contributed by atoms with Crippen LogP contribution in [0.1, 0.15) is 82.3 Å². The Labute approximate surface area is 450 Å². The summed E-state index contributed by atoms with van der Waals surface area (Å²) in [6.07, 6.45) is 12.7. The van der Waals surface area contributed by atoms with Crippen molar-refractivity contribution in [3.05, 3.63) is 104 Å². The zero-order valence-corrected chi connectivity index (χ0v) is 44.9. The number of hydrogen-bond donors (Lipinski definition) is 5. The molecule has 4 saturated heterocycles. The average Bonchev–Trinajstić information content (AvgIpc) is 4.13. The second-order valence-electron chi connectivity index (χ2n) is 20.0. The topological polar surface area (TPSA) is 156 Å². The molecule has 0 spiro atoms. The molecule has 4 aliphatic heterocycles. The van der Waals surface area contributed by atoms with E-state index in [9.17, 15) is 4.79 Å². The van der Waals surface area contributed by atoms with Crippen LogP contribution in [-0.4, -0.2) is 108 Å². The highest BCUT2D eigenvalue weighted by Crippen LogP contribution is 2.33. The van der Waals surface area contributed by atoms with E-state index in [1.165, 1.54) is 90.6 Å². The SMILES string of the molecule is CCNC(=O)Nc1ccc2nc(N3CCC(CCN4CCCC4)CC3)nc(NCc3ccc(Cl)cc3Cl)c2c1.Nc1ccc2nc(N3CCC(CCN4CCCC4)CC3)nc(NCc3ccc(Cl)cc3Cl)c2c1. The molecular formula is C55H69Cl4N13O. The lowest BCUT2D eigenvalue weighted by Crippen LogP contribution is -2.36. The summed E-state index contributed by atoms with van der Waals surface area (Å²) in [7, 11) is 0. The molecule has 6 aromatic rings. The van der Waals surface area contributed by atoms with Crippen LogP contribution in [0.25, 0.3) is 21.8 Å². The van der Waals surface area contributed by atoms with Crippen LogP contribution in [0.3, 0.4) is 0 Å². The van der Waals surface area contributed by atoms with Gasteiger partial charge >= 0.3 is 6.03 Å². The lowest BCUT2D eigenvalue weighted by molar-refractivity contribution is 0.252. The zero-order valence-electron chi connectivity index (χ0n) is 41.9. The summed E-state index contributed by atoms with van der Waals surface area (Å²) in [4.78, 5) is 41.7. The van der Waals surface area contributed by atoms with Crippen molar-refractivity contribution >= 4 is 109 Å². The highest BCUT2D eigenvalue weighted by Gasteiger charge is 2.26. The summed E-state index contributed by atoms with van der Waals surface area (Å²) in [5.41, 5.74) is 11.0. The van der Waals surface area contributed by atoms with Gasteiger partial charge in [-0.2, -0.15) is 9.97 Å². The van der Waals surface area contributed by atoms with E-state index in [2.05, 4.69) is 40.9 Å². The highest BCUT2D eigenvalue weighted by molar-refractivity contribution is 6.35. The number of carbonyl (C=O) groups is 1. The number of rotatable bonds is 16. The molecule has 0 radical (unpaired) electrons. The zero-order chi connectivity index (χ0) is 50.7. The Bertz CT molecular complexity index is 2810. The maximum atomic E-state index is 12.1. The van der Waals surface area contributed by atoms with Crippen LogP contribution >= 0.6 is 46.4 Å². The summed E-state index contributed by atoms with van der Waals surface area (Å²) in [5.74, 6) is 4.54. The third-order valence-corrected chi connectivity index (χ3v) is 16.0. The number of aromatic nitrogens is 4. The minimum absolute atomic E-state index is 0.246. The number of anilines is 6. The summed E-state index contributed by atoms with van der Waals surface area (Å²) in [6.45, 7) is 14.9. The first-order chi connectivity index (χ1) is 35.5. The van der Waals surface area contributed by atoms with Gasteiger partial charge in [-0.1, -0.05) is 58.5 Å². The van der Waals surface area contributed by atoms with Crippen LogP contribution in [0, 0.1) is 11.8 Å². The maximum absolute atomic E-state index is 12.1. The number of nitrogens with two attached hydrogens (primary N) is 1. The number of piperidine rings is 2. The predicted molar refractivity (Wildman–Crippen MR) is 304 cm³/mol. The summed E-state index contributed by atoms with van der Waals surface area (Å²) in [5, 5.41) is 16.8. The molecule has 6 heterocycles. The summed E-state index contributed by atoms with van der Waals surface area (Å²) >= 11 is 25.0. The molecule has 6 N–H and O–H groups in total. The molecule has 0 aliphatic carbocycles. The van der Waals surface area contributed by atoms with Gasteiger partial charge in [0.2, 0.25) is 11.9 Å². The van der Waals surface area contributed by atoms with Gasteiger partial charge in [0, 0.05) is 88.1 Å². The molecule has 14 nitrogen and oxygen atoms in total.